The van der Waals surface area contributed by atoms with Crippen molar-refractivity contribution in [3.63, 3.8) is 0 Å². The first kappa shape index (κ1) is 19.0. The summed E-state index contributed by atoms with van der Waals surface area (Å²) in [5.41, 5.74) is 0. The van der Waals surface area contributed by atoms with E-state index < -0.39 is 32.4 Å². The predicted octanol–water partition coefficient (Wildman–Crippen LogP) is 3.11. The minimum Gasteiger partial charge on any atom is -0.260 e. The Hall–Kier alpha value is -1.74. The highest BCUT2D eigenvalue weighted by atomic mass is 32.2. The van der Waals surface area contributed by atoms with Crippen molar-refractivity contribution in [2.75, 3.05) is 0 Å². The van der Waals surface area contributed by atoms with Gasteiger partial charge < -0.3 is 0 Å². The molecule has 140 valence electrons. The third kappa shape index (κ3) is 4.50. The van der Waals surface area contributed by atoms with Gasteiger partial charge in [0.25, 0.3) is 20.2 Å². The van der Waals surface area contributed by atoms with E-state index in [9.17, 15) is 16.8 Å². The Labute approximate surface area is 154 Å². The lowest BCUT2D eigenvalue weighted by Crippen LogP contribution is -2.37. The highest BCUT2D eigenvalue weighted by molar-refractivity contribution is 7.87. The maximum Gasteiger partial charge on any atom is 0.297 e. The van der Waals surface area contributed by atoms with Gasteiger partial charge in [-0.25, -0.2) is 0 Å². The van der Waals surface area contributed by atoms with Crippen LogP contribution in [0, 0.1) is 0 Å². The molecule has 2 atom stereocenters. The zero-order chi connectivity index (χ0) is 18.6. The van der Waals surface area contributed by atoms with E-state index in [1.165, 1.54) is 24.3 Å². The third-order valence-electron chi connectivity index (χ3n) is 4.21. The fourth-order valence-corrected chi connectivity index (χ4v) is 5.19. The van der Waals surface area contributed by atoms with Crippen LogP contribution in [-0.4, -0.2) is 29.0 Å². The Kier molecular flexibility index (Phi) is 5.76. The molecule has 0 bridgehead atoms. The molecule has 0 aromatic heterocycles. The van der Waals surface area contributed by atoms with Gasteiger partial charge in [-0.1, -0.05) is 49.2 Å². The van der Waals surface area contributed by atoms with Crippen LogP contribution in [-0.2, 0) is 28.6 Å². The van der Waals surface area contributed by atoms with Gasteiger partial charge in [0.15, 0.2) is 0 Å². The minimum atomic E-state index is -3.99. The summed E-state index contributed by atoms with van der Waals surface area (Å²) in [5, 5.41) is 0. The van der Waals surface area contributed by atoms with E-state index in [0.29, 0.717) is 12.8 Å². The summed E-state index contributed by atoms with van der Waals surface area (Å²) in [6.45, 7) is 0. The lowest BCUT2D eigenvalue weighted by atomic mass is 9.95. The fraction of sp³-hybridized carbons (Fsp3) is 0.333. The second-order valence-electron chi connectivity index (χ2n) is 6.09. The molecule has 1 fully saturated rings. The third-order valence-corrected chi connectivity index (χ3v) is 6.91. The van der Waals surface area contributed by atoms with Crippen LogP contribution in [0.15, 0.2) is 70.5 Å². The van der Waals surface area contributed by atoms with Gasteiger partial charge in [0.05, 0.1) is 9.79 Å². The maximum absolute atomic E-state index is 12.5. The molecule has 26 heavy (non-hydrogen) atoms. The molecule has 0 aliphatic heterocycles. The van der Waals surface area contributed by atoms with Crippen LogP contribution < -0.4 is 0 Å². The monoisotopic (exact) mass is 396 g/mol. The molecule has 6 nitrogen and oxygen atoms in total. The van der Waals surface area contributed by atoms with Crippen LogP contribution in [0.2, 0.25) is 0 Å². The zero-order valence-corrected chi connectivity index (χ0v) is 15.7. The SMILES string of the molecule is O=S(=O)(OC1CCCCC1OS(=O)(=O)c1ccccc1)c1ccccc1. The molecule has 0 heterocycles. The molecule has 2 aromatic rings. The van der Waals surface area contributed by atoms with E-state index in [4.69, 9.17) is 8.37 Å². The van der Waals surface area contributed by atoms with Crippen molar-refractivity contribution in [2.24, 2.45) is 0 Å². The van der Waals surface area contributed by atoms with Crippen molar-refractivity contribution >= 4 is 20.2 Å². The Morgan fingerprint density at radius 1 is 0.615 bits per heavy atom. The first-order valence-electron chi connectivity index (χ1n) is 8.35. The zero-order valence-electron chi connectivity index (χ0n) is 14.0. The molecule has 0 radical (unpaired) electrons. The first-order chi connectivity index (χ1) is 12.4. The minimum absolute atomic E-state index is 0.0373. The van der Waals surface area contributed by atoms with Crippen molar-refractivity contribution in [3.05, 3.63) is 60.7 Å². The van der Waals surface area contributed by atoms with E-state index in [1.54, 1.807) is 36.4 Å². The molecule has 3 rings (SSSR count). The molecule has 0 N–H and O–H groups in total. The van der Waals surface area contributed by atoms with Crippen LogP contribution in [0.1, 0.15) is 25.7 Å². The Balaban J connectivity index is 1.78. The van der Waals surface area contributed by atoms with E-state index in [0.717, 1.165) is 12.8 Å². The van der Waals surface area contributed by atoms with Crippen molar-refractivity contribution in [2.45, 2.75) is 47.7 Å². The van der Waals surface area contributed by atoms with Crippen LogP contribution in [0.3, 0.4) is 0 Å². The van der Waals surface area contributed by atoms with E-state index in [1.807, 2.05) is 0 Å². The number of benzene rings is 2. The topological polar surface area (TPSA) is 86.7 Å². The summed E-state index contributed by atoms with van der Waals surface area (Å²) in [6.07, 6.45) is 0.655. The standard InChI is InChI=1S/C18H20O6S2/c19-25(20,15-9-3-1-4-10-15)23-17-13-7-8-14-18(17)24-26(21,22)16-11-5-2-6-12-16/h1-6,9-12,17-18H,7-8,13-14H2. The van der Waals surface area contributed by atoms with Crippen molar-refractivity contribution in [1.29, 1.82) is 0 Å². The summed E-state index contributed by atoms with van der Waals surface area (Å²) < 4.78 is 60.5. The van der Waals surface area contributed by atoms with Crippen molar-refractivity contribution in [3.8, 4) is 0 Å². The van der Waals surface area contributed by atoms with Gasteiger partial charge in [-0.15, -0.1) is 0 Å². The van der Waals surface area contributed by atoms with Crippen LogP contribution in [0.25, 0.3) is 0 Å². The van der Waals surface area contributed by atoms with E-state index in [-0.39, 0.29) is 9.79 Å². The van der Waals surface area contributed by atoms with Gasteiger partial charge in [-0.3, -0.25) is 8.37 Å². The lowest BCUT2D eigenvalue weighted by molar-refractivity contribution is 0.0311. The molecule has 2 aromatic carbocycles. The van der Waals surface area contributed by atoms with Gasteiger partial charge in [0, 0.05) is 0 Å². The molecule has 1 saturated carbocycles. The molecule has 8 heteroatoms. The van der Waals surface area contributed by atoms with Crippen LogP contribution in [0.4, 0.5) is 0 Å². The van der Waals surface area contributed by atoms with Crippen molar-refractivity contribution in [1.82, 2.24) is 0 Å². The highest BCUT2D eigenvalue weighted by Crippen LogP contribution is 2.29. The summed E-state index contributed by atoms with van der Waals surface area (Å²) in [7, 11) is -7.98. The fourth-order valence-electron chi connectivity index (χ4n) is 2.89. The van der Waals surface area contributed by atoms with Crippen LogP contribution in [0.5, 0.6) is 0 Å². The number of hydrogen-bond acceptors (Lipinski definition) is 6. The Morgan fingerprint density at radius 2 is 0.962 bits per heavy atom. The predicted molar refractivity (Wildman–Crippen MR) is 95.5 cm³/mol. The average molecular weight is 396 g/mol. The first-order valence-corrected chi connectivity index (χ1v) is 11.2. The van der Waals surface area contributed by atoms with Crippen LogP contribution >= 0.6 is 0 Å². The smallest absolute Gasteiger partial charge is 0.260 e. The maximum atomic E-state index is 12.5. The number of rotatable bonds is 6. The molecular formula is C18H20O6S2. The highest BCUT2D eigenvalue weighted by Gasteiger charge is 2.35. The summed E-state index contributed by atoms with van der Waals surface area (Å²) >= 11 is 0. The van der Waals surface area contributed by atoms with E-state index in [2.05, 4.69) is 0 Å². The Bertz CT molecular complexity index is 845. The van der Waals surface area contributed by atoms with Gasteiger partial charge >= 0.3 is 0 Å². The van der Waals surface area contributed by atoms with Gasteiger partial charge in [0.2, 0.25) is 0 Å². The molecule has 0 amide bonds. The van der Waals surface area contributed by atoms with Gasteiger partial charge in [-0.05, 0) is 37.1 Å². The molecule has 2 unspecified atom stereocenters. The second kappa shape index (κ2) is 7.87. The average Bonchev–Trinajstić information content (AvgIpc) is 2.64. The lowest BCUT2D eigenvalue weighted by Gasteiger charge is -2.30. The summed E-state index contributed by atoms with van der Waals surface area (Å²) in [5.74, 6) is 0. The van der Waals surface area contributed by atoms with Gasteiger partial charge in [0.1, 0.15) is 12.2 Å². The normalized spacial score (nSPS) is 21.4. The largest absolute Gasteiger partial charge is 0.297 e. The van der Waals surface area contributed by atoms with Gasteiger partial charge in [-0.2, -0.15) is 16.8 Å². The van der Waals surface area contributed by atoms with Crippen molar-refractivity contribution < 1.29 is 25.2 Å². The summed E-state index contributed by atoms with van der Waals surface area (Å²) in [4.78, 5) is 0.0745. The molecular weight excluding hydrogens is 376 g/mol. The summed E-state index contributed by atoms with van der Waals surface area (Å²) in [6, 6.07) is 15.6. The number of hydrogen-bond donors (Lipinski definition) is 0. The van der Waals surface area contributed by atoms with E-state index >= 15 is 0 Å². The molecule has 0 saturated heterocycles. The quantitative estimate of drug-likeness (QED) is 0.698. The molecule has 0 spiro atoms. The molecule has 1 aliphatic rings. The molecule has 1 aliphatic carbocycles. The Morgan fingerprint density at radius 3 is 1.31 bits per heavy atom. The second-order valence-corrected chi connectivity index (χ2v) is 9.23.